The van der Waals surface area contributed by atoms with E-state index in [9.17, 15) is 14.4 Å². The van der Waals surface area contributed by atoms with Gasteiger partial charge in [0.1, 0.15) is 0 Å². The van der Waals surface area contributed by atoms with Crippen LogP contribution in [0.3, 0.4) is 0 Å². The molecule has 120 valence electrons. The summed E-state index contributed by atoms with van der Waals surface area (Å²) < 4.78 is 0.799. The van der Waals surface area contributed by atoms with Crippen LogP contribution in [0, 0.1) is 3.57 Å². The van der Waals surface area contributed by atoms with Gasteiger partial charge in [-0.1, -0.05) is 12.1 Å². The van der Waals surface area contributed by atoms with Gasteiger partial charge in [0.05, 0.1) is 12.1 Å². The highest BCUT2D eigenvalue weighted by Crippen LogP contribution is 2.10. The molecule has 0 fully saturated rings. The number of nitrogens with one attached hydrogen (secondary N) is 3. The molecule has 0 unspecified atom stereocenters. The largest absolute Gasteiger partial charge is 0.343 e. The summed E-state index contributed by atoms with van der Waals surface area (Å²) in [6, 6.07) is 6.68. The maximum Gasteiger partial charge on any atom is 0.336 e. The Kier molecular flexibility index (Phi) is 7.64. The first-order valence-electron chi connectivity index (χ1n) is 6.86. The molecule has 0 saturated heterocycles. The van der Waals surface area contributed by atoms with Crippen molar-refractivity contribution in [2.24, 2.45) is 0 Å². The van der Waals surface area contributed by atoms with Gasteiger partial charge in [-0.3, -0.25) is 15.0 Å². The molecule has 0 aliphatic heterocycles. The zero-order valence-corrected chi connectivity index (χ0v) is 14.6. The minimum absolute atomic E-state index is 0.220. The molecule has 4 amide bonds. The van der Waals surface area contributed by atoms with Crippen LogP contribution in [0.1, 0.15) is 24.2 Å². The van der Waals surface area contributed by atoms with Gasteiger partial charge >= 0.3 is 6.03 Å². The van der Waals surface area contributed by atoms with E-state index in [0.717, 1.165) is 3.57 Å². The van der Waals surface area contributed by atoms with Crippen LogP contribution in [0.2, 0.25) is 0 Å². The van der Waals surface area contributed by atoms with Crippen molar-refractivity contribution in [2.45, 2.75) is 13.8 Å². The lowest BCUT2D eigenvalue weighted by molar-refractivity contribution is -0.120. The molecular weight excluding hydrogens is 399 g/mol. The molecule has 7 nitrogen and oxygen atoms in total. The molecule has 0 bridgehead atoms. The second-order valence-electron chi connectivity index (χ2n) is 4.31. The number of halogens is 1. The van der Waals surface area contributed by atoms with Gasteiger partial charge in [-0.25, -0.2) is 10.2 Å². The predicted octanol–water partition coefficient (Wildman–Crippen LogP) is 1.10. The topological polar surface area (TPSA) is 90.5 Å². The van der Waals surface area contributed by atoms with Gasteiger partial charge in [0, 0.05) is 16.7 Å². The first-order chi connectivity index (χ1) is 10.5. The molecule has 0 radical (unpaired) electrons. The Labute approximate surface area is 142 Å². The highest BCUT2D eigenvalue weighted by molar-refractivity contribution is 14.1. The van der Waals surface area contributed by atoms with Gasteiger partial charge < -0.3 is 10.2 Å². The highest BCUT2D eigenvalue weighted by atomic mass is 127. The number of carbonyl (C=O) groups excluding carboxylic acids is 3. The minimum atomic E-state index is -0.500. The Balaban J connectivity index is 2.39. The van der Waals surface area contributed by atoms with Crippen LogP contribution in [-0.4, -0.2) is 42.4 Å². The fourth-order valence-corrected chi connectivity index (χ4v) is 2.29. The number of hydrazine groups is 1. The average molecular weight is 418 g/mol. The van der Waals surface area contributed by atoms with Crippen LogP contribution in [-0.2, 0) is 4.79 Å². The lowest BCUT2D eigenvalue weighted by atomic mass is 10.2. The van der Waals surface area contributed by atoms with Gasteiger partial charge in [-0.05, 0) is 48.6 Å². The molecule has 0 aliphatic rings. The van der Waals surface area contributed by atoms with Crippen molar-refractivity contribution >= 4 is 40.4 Å². The fourth-order valence-electron chi connectivity index (χ4n) is 1.66. The van der Waals surface area contributed by atoms with Gasteiger partial charge in [0.25, 0.3) is 11.8 Å². The van der Waals surface area contributed by atoms with Crippen LogP contribution in [0.25, 0.3) is 0 Å². The van der Waals surface area contributed by atoms with E-state index in [1.165, 1.54) is 4.90 Å². The van der Waals surface area contributed by atoms with Crippen LogP contribution in [0.15, 0.2) is 24.3 Å². The van der Waals surface area contributed by atoms with Crippen molar-refractivity contribution in [3.63, 3.8) is 0 Å². The summed E-state index contributed by atoms with van der Waals surface area (Å²) >= 11 is 2.05. The Morgan fingerprint density at radius 2 is 1.73 bits per heavy atom. The molecule has 1 rings (SSSR count). The summed E-state index contributed by atoms with van der Waals surface area (Å²) in [7, 11) is 0. The van der Waals surface area contributed by atoms with Gasteiger partial charge in [-0.15, -0.1) is 0 Å². The summed E-state index contributed by atoms with van der Waals surface area (Å²) in [5.74, 6) is -0.838. The van der Waals surface area contributed by atoms with Crippen molar-refractivity contribution < 1.29 is 14.4 Å². The predicted molar refractivity (Wildman–Crippen MR) is 91.1 cm³/mol. The zero-order chi connectivity index (χ0) is 16.5. The van der Waals surface area contributed by atoms with Crippen molar-refractivity contribution in [1.82, 2.24) is 21.1 Å². The molecule has 0 saturated carbocycles. The van der Waals surface area contributed by atoms with Crippen LogP contribution >= 0.6 is 22.6 Å². The number of nitrogens with zero attached hydrogens (tertiary/aromatic N) is 1. The molecule has 0 heterocycles. The van der Waals surface area contributed by atoms with E-state index in [1.54, 1.807) is 18.2 Å². The molecule has 0 aromatic heterocycles. The van der Waals surface area contributed by atoms with Crippen LogP contribution in [0.4, 0.5) is 4.79 Å². The lowest BCUT2D eigenvalue weighted by Gasteiger charge is -2.19. The van der Waals surface area contributed by atoms with E-state index in [2.05, 4.69) is 16.2 Å². The second kappa shape index (κ2) is 9.23. The number of amides is 4. The Bertz CT molecular complexity index is 547. The van der Waals surface area contributed by atoms with Crippen molar-refractivity contribution in [3.8, 4) is 0 Å². The second-order valence-corrected chi connectivity index (χ2v) is 5.48. The Morgan fingerprint density at radius 1 is 1.09 bits per heavy atom. The summed E-state index contributed by atoms with van der Waals surface area (Å²) in [4.78, 5) is 36.7. The molecule has 1 aromatic rings. The third-order valence-electron chi connectivity index (χ3n) is 2.89. The molecule has 0 aliphatic carbocycles. The SMILES string of the molecule is CCN(CC)C(=O)NNC(=O)CNC(=O)c1ccccc1I. The van der Waals surface area contributed by atoms with E-state index in [-0.39, 0.29) is 18.5 Å². The minimum Gasteiger partial charge on any atom is -0.343 e. The number of hydrogen-bond acceptors (Lipinski definition) is 3. The maximum atomic E-state index is 11.9. The van der Waals surface area contributed by atoms with Gasteiger partial charge in [0.2, 0.25) is 0 Å². The first kappa shape index (κ1) is 18.2. The zero-order valence-electron chi connectivity index (χ0n) is 12.5. The monoisotopic (exact) mass is 418 g/mol. The molecule has 1 aromatic carbocycles. The number of rotatable bonds is 5. The quantitative estimate of drug-likeness (QED) is 0.494. The molecule has 0 spiro atoms. The maximum absolute atomic E-state index is 11.9. The number of hydrogen-bond donors (Lipinski definition) is 3. The summed E-state index contributed by atoms with van der Waals surface area (Å²) in [5, 5.41) is 2.50. The van der Waals surface area contributed by atoms with Gasteiger partial charge in [0.15, 0.2) is 0 Å². The van der Waals surface area contributed by atoms with E-state index in [0.29, 0.717) is 18.7 Å². The molecule has 22 heavy (non-hydrogen) atoms. The first-order valence-corrected chi connectivity index (χ1v) is 7.93. The van der Waals surface area contributed by atoms with E-state index in [1.807, 2.05) is 42.5 Å². The number of urea groups is 1. The lowest BCUT2D eigenvalue weighted by Crippen LogP contribution is -2.51. The van der Waals surface area contributed by atoms with Crippen molar-refractivity contribution in [3.05, 3.63) is 33.4 Å². The number of carbonyl (C=O) groups is 3. The molecule has 3 N–H and O–H groups in total. The van der Waals surface area contributed by atoms with Gasteiger partial charge in [-0.2, -0.15) is 0 Å². The van der Waals surface area contributed by atoms with Crippen LogP contribution < -0.4 is 16.2 Å². The normalized spacial score (nSPS) is 9.77. The third-order valence-corrected chi connectivity index (χ3v) is 3.83. The Hall–Kier alpha value is -1.84. The fraction of sp³-hybridized carbons (Fsp3) is 0.357. The summed E-state index contributed by atoms with van der Waals surface area (Å²) in [6.07, 6.45) is 0. The smallest absolute Gasteiger partial charge is 0.336 e. The Morgan fingerprint density at radius 3 is 2.32 bits per heavy atom. The highest BCUT2D eigenvalue weighted by Gasteiger charge is 2.12. The standard InChI is InChI=1S/C14H19IN4O3/c1-3-19(4-2)14(22)18-17-12(20)9-16-13(21)10-7-5-6-8-11(10)15/h5-8H,3-4,9H2,1-2H3,(H,16,21)(H,17,20)(H,18,22). The average Bonchev–Trinajstić information content (AvgIpc) is 2.52. The summed E-state index contributed by atoms with van der Waals surface area (Å²) in [5.41, 5.74) is 5.05. The number of benzene rings is 1. The van der Waals surface area contributed by atoms with E-state index >= 15 is 0 Å². The molecular formula is C14H19IN4O3. The third kappa shape index (κ3) is 5.51. The van der Waals surface area contributed by atoms with Crippen LogP contribution in [0.5, 0.6) is 0 Å². The van der Waals surface area contributed by atoms with Crippen molar-refractivity contribution in [1.29, 1.82) is 0 Å². The van der Waals surface area contributed by atoms with E-state index in [4.69, 9.17) is 0 Å². The molecule has 8 heteroatoms. The summed E-state index contributed by atoms with van der Waals surface area (Å²) in [6.45, 7) is 4.55. The van der Waals surface area contributed by atoms with E-state index < -0.39 is 5.91 Å². The van der Waals surface area contributed by atoms with Crippen molar-refractivity contribution in [2.75, 3.05) is 19.6 Å². The molecule has 0 atom stereocenters.